The minimum atomic E-state index is -0.00839. The first-order valence-corrected chi connectivity index (χ1v) is 10.3. The summed E-state index contributed by atoms with van der Waals surface area (Å²) in [6.45, 7) is 2.02. The SMILES string of the molecule is O=C(CN1CCCC(C(=O)c2ccc3c4c(cccc24)CC3)C1)NC1CC1. The molecule has 2 aromatic rings. The fourth-order valence-corrected chi connectivity index (χ4v) is 4.80. The normalized spacial score (nSPS) is 22.1. The highest BCUT2D eigenvalue weighted by molar-refractivity contribution is 6.11. The van der Waals surface area contributed by atoms with Gasteiger partial charge in [0, 0.05) is 24.1 Å². The zero-order valence-electron chi connectivity index (χ0n) is 15.7. The lowest BCUT2D eigenvalue weighted by Gasteiger charge is -2.31. The number of hydrogen-bond acceptors (Lipinski definition) is 3. The van der Waals surface area contributed by atoms with E-state index in [1.165, 1.54) is 16.5 Å². The molecule has 1 saturated carbocycles. The third-order valence-corrected chi connectivity index (χ3v) is 6.33. The molecular weight excluding hydrogens is 336 g/mol. The molecule has 1 heterocycles. The summed E-state index contributed by atoms with van der Waals surface area (Å²) in [4.78, 5) is 27.6. The minimum absolute atomic E-state index is 0.00839. The van der Waals surface area contributed by atoms with Gasteiger partial charge in [-0.25, -0.2) is 0 Å². The van der Waals surface area contributed by atoms with E-state index >= 15 is 0 Å². The molecule has 140 valence electrons. The summed E-state index contributed by atoms with van der Waals surface area (Å²) < 4.78 is 0. The molecule has 1 unspecified atom stereocenters. The number of nitrogens with zero attached hydrogens (tertiary/aromatic N) is 1. The van der Waals surface area contributed by atoms with Crippen molar-refractivity contribution in [2.45, 2.75) is 44.6 Å². The van der Waals surface area contributed by atoms with Gasteiger partial charge in [-0.05, 0) is 67.0 Å². The van der Waals surface area contributed by atoms with Gasteiger partial charge in [0.15, 0.2) is 5.78 Å². The van der Waals surface area contributed by atoms with E-state index in [2.05, 4.69) is 34.5 Å². The van der Waals surface area contributed by atoms with Gasteiger partial charge in [0.05, 0.1) is 6.54 Å². The molecular formula is C23H26N2O2. The second kappa shape index (κ2) is 6.75. The molecule has 1 atom stereocenters. The van der Waals surface area contributed by atoms with Gasteiger partial charge in [-0.1, -0.05) is 30.3 Å². The van der Waals surface area contributed by atoms with Crippen LogP contribution in [0.5, 0.6) is 0 Å². The van der Waals surface area contributed by atoms with Gasteiger partial charge in [0.25, 0.3) is 0 Å². The zero-order chi connectivity index (χ0) is 18.4. The molecule has 27 heavy (non-hydrogen) atoms. The molecule has 5 rings (SSSR count). The molecule has 2 aliphatic carbocycles. The molecule has 4 nitrogen and oxygen atoms in total. The number of rotatable bonds is 5. The van der Waals surface area contributed by atoms with E-state index in [0.29, 0.717) is 19.1 Å². The summed E-state index contributed by atoms with van der Waals surface area (Å²) in [6, 6.07) is 11.0. The van der Waals surface area contributed by atoms with E-state index in [9.17, 15) is 9.59 Å². The summed E-state index contributed by atoms with van der Waals surface area (Å²) in [5.74, 6) is 0.347. The summed E-state index contributed by atoms with van der Waals surface area (Å²) in [6.07, 6.45) is 6.28. The van der Waals surface area contributed by atoms with E-state index in [1.807, 2.05) is 6.07 Å². The predicted molar refractivity (Wildman–Crippen MR) is 106 cm³/mol. The Morgan fingerprint density at radius 1 is 1.04 bits per heavy atom. The van der Waals surface area contributed by atoms with Crippen molar-refractivity contribution < 1.29 is 9.59 Å². The first kappa shape index (κ1) is 16.9. The average molecular weight is 362 g/mol. The third-order valence-electron chi connectivity index (χ3n) is 6.33. The van der Waals surface area contributed by atoms with Crippen LogP contribution in [0.4, 0.5) is 0 Å². The number of likely N-dealkylation sites (tertiary alicyclic amines) is 1. The van der Waals surface area contributed by atoms with Gasteiger partial charge in [-0.15, -0.1) is 0 Å². The van der Waals surface area contributed by atoms with Crippen molar-refractivity contribution in [3.05, 3.63) is 47.0 Å². The van der Waals surface area contributed by atoms with Gasteiger partial charge in [0.1, 0.15) is 0 Å². The Morgan fingerprint density at radius 2 is 1.85 bits per heavy atom. The van der Waals surface area contributed by atoms with Gasteiger partial charge < -0.3 is 5.32 Å². The number of ketones is 1. The van der Waals surface area contributed by atoms with Gasteiger partial charge >= 0.3 is 0 Å². The first-order valence-electron chi connectivity index (χ1n) is 10.3. The number of hydrogen-bond donors (Lipinski definition) is 1. The van der Waals surface area contributed by atoms with Crippen molar-refractivity contribution in [1.82, 2.24) is 10.2 Å². The molecule has 3 aliphatic rings. The van der Waals surface area contributed by atoms with Crippen LogP contribution in [-0.4, -0.2) is 42.3 Å². The molecule has 1 N–H and O–H groups in total. The number of carbonyl (C=O) groups excluding carboxylic acids is 2. The van der Waals surface area contributed by atoms with Gasteiger partial charge in [0.2, 0.25) is 5.91 Å². The lowest BCUT2D eigenvalue weighted by molar-refractivity contribution is -0.122. The summed E-state index contributed by atoms with van der Waals surface area (Å²) in [5, 5.41) is 5.48. The van der Waals surface area contributed by atoms with Crippen LogP contribution in [0.2, 0.25) is 0 Å². The Kier molecular flexibility index (Phi) is 4.24. The minimum Gasteiger partial charge on any atom is -0.352 e. The van der Waals surface area contributed by atoms with E-state index in [-0.39, 0.29) is 17.6 Å². The molecule has 0 spiro atoms. The van der Waals surface area contributed by atoms with Gasteiger partial charge in [-0.3, -0.25) is 14.5 Å². The van der Waals surface area contributed by atoms with Crippen molar-refractivity contribution in [2.75, 3.05) is 19.6 Å². The summed E-state index contributed by atoms with van der Waals surface area (Å²) >= 11 is 0. The van der Waals surface area contributed by atoms with E-state index < -0.39 is 0 Å². The van der Waals surface area contributed by atoms with Crippen molar-refractivity contribution in [1.29, 1.82) is 0 Å². The number of piperidine rings is 1. The monoisotopic (exact) mass is 362 g/mol. The summed E-state index contributed by atoms with van der Waals surface area (Å²) in [5.41, 5.74) is 3.62. The molecule has 4 heteroatoms. The van der Waals surface area contributed by atoms with Crippen molar-refractivity contribution in [3.63, 3.8) is 0 Å². The van der Waals surface area contributed by atoms with Crippen molar-refractivity contribution in [2.24, 2.45) is 5.92 Å². The smallest absolute Gasteiger partial charge is 0.234 e. The molecule has 1 aliphatic heterocycles. The van der Waals surface area contributed by atoms with Crippen LogP contribution in [0, 0.1) is 5.92 Å². The Balaban J connectivity index is 1.35. The first-order chi connectivity index (χ1) is 13.2. The van der Waals surface area contributed by atoms with Crippen molar-refractivity contribution in [3.8, 4) is 0 Å². The lowest BCUT2D eigenvalue weighted by atomic mass is 9.87. The standard InChI is InChI=1S/C23H26N2O2/c26-21(24-18-9-10-18)14-25-12-2-4-17(13-25)23(27)20-11-8-16-7-6-15-3-1-5-19(20)22(15)16/h1,3,5,8,11,17-18H,2,4,6-7,9-10,12-14H2,(H,24,26). The van der Waals surface area contributed by atoms with Crippen LogP contribution in [0.3, 0.4) is 0 Å². The van der Waals surface area contributed by atoms with Gasteiger partial charge in [-0.2, -0.15) is 0 Å². The second-order valence-corrected chi connectivity index (χ2v) is 8.39. The Bertz CT molecular complexity index is 906. The second-order valence-electron chi connectivity index (χ2n) is 8.39. The lowest BCUT2D eigenvalue weighted by Crippen LogP contribution is -2.44. The zero-order valence-corrected chi connectivity index (χ0v) is 15.7. The van der Waals surface area contributed by atoms with E-state index in [1.54, 1.807) is 0 Å². The molecule has 2 aromatic carbocycles. The molecule has 1 amide bonds. The number of nitrogens with one attached hydrogen (secondary N) is 1. The number of aryl methyl sites for hydroxylation is 2. The molecule has 0 aromatic heterocycles. The number of benzene rings is 2. The highest BCUT2D eigenvalue weighted by Crippen LogP contribution is 2.34. The largest absolute Gasteiger partial charge is 0.352 e. The average Bonchev–Trinajstić information content (AvgIpc) is 3.39. The number of carbonyl (C=O) groups is 2. The number of Topliss-reactive ketones (excluding diaryl/α,β-unsaturated/α-hetero) is 1. The predicted octanol–water partition coefficient (Wildman–Crippen LogP) is 3.11. The van der Waals surface area contributed by atoms with Crippen LogP contribution in [-0.2, 0) is 17.6 Å². The topological polar surface area (TPSA) is 49.4 Å². The number of amides is 1. The van der Waals surface area contributed by atoms with Crippen LogP contribution in [0.1, 0.15) is 47.2 Å². The third kappa shape index (κ3) is 3.27. The molecule has 2 fully saturated rings. The highest BCUT2D eigenvalue weighted by Gasteiger charge is 2.30. The fourth-order valence-electron chi connectivity index (χ4n) is 4.80. The van der Waals surface area contributed by atoms with Crippen LogP contribution in [0.15, 0.2) is 30.3 Å². The molecule has 1 saturated heterocycles. The molecule has 0 radical (unpaired) electrons. The highest BCUT2D eigenvalue weighted by atomic mass is 16.2. The Morgan fingerprint density at radius 3 is 2.67 bits per heavy atom. The Hall–Kier alpha value is -2.20. The molecule has 0 bridgehead atoms. The van der Waals surface area contributed by atoms with Crippen LogP contribution < -0.4 is 5.32 Å². The quantitative estimate of drug-likeness (QED) is 0.832. The maximum atomic E-state index is 13.3. The fraction of sp³-hybridized carbons (Fsp3) is 0.478. The maximum absolute atomic E-state index is 13.3. The van der Waals surface area contributed by atoms with Crippen molar-refractivity contribution >= 4 is 22.5 Å². The summed E-state index contributed by atoms with van der Waals surface area (Å²) in [7, 11) is 0. The van der Waals surface area contributed by atoms with E-state index in [0.717, 1.165) is 56.0 Å². The van der Waals surface area contributed by atoms with Crippen LogP contribution in [0.25, 0.3) is 10.8 Å². The van der Waals surface area contributed by atoms with E-state index in [4.69, 9.17) is 0 Å². The maximum Gasteiger partial charge on any atom is 0.234 e. The Labute approximate surface area is 159 Å². The van der Waals surface area contributed by atoms with Crippen LogP contribution >= 0.6 is 0 Å².